The van der Waals surface area contributed by atoms with E-state index in [4.69, 9.17) is 0 Å². The van der Waals surface area contributed by atoms with Crippen LogP contribution in [0.15, 0.2) is 59.7 Å². The van der Waals surface area contributed by atoms with Crippen molar-refractivity contribution in [3.8, 4) is 0 Å². The number of H-pyrrole nitrogens is 1. The molecule has 2 heterocycles. The Hall–Kier alpha value is -2.95. The van der Waals surface area contributed by atoms with Gasteiger partial charge in [0.2, 0.25) is 0 Å². The molecule has 5 nitrogen and oxygen atoms in total. The molecule has 28 heavy (non-hydrogen) atoms. The van der Waals surface area contributed by atoms with Crippen molar-refractivity contribution >= 4 is 16.8 Å². The zero-order chi connectivity index (χ0) is 19.1. The summed E-state index contributed by atoms with van der Waals surface area (Å²) < 4.78 is 0. The SMILES string of the molecule is O=C(c1ccc2c(=O)[nH]cnc2c1)N1CC(c2ccccc2)C2CCCCC21. The molecule has 5 heteroatoms. The summed E-state index contributed by atoms with van der Waals surface area (Å²) in [5.41, 5.74) is 2.33. The van der Waals surface area contributed by atoms with Gasteiger partial charge in [0, 0.05) is 24.1 Å². The van der Waals surface area contributed by atoms with E-state index in [1.165, 1.54) is 31.2 Å². The number of rotatable bonds is 2. The van der Waals surface area contributed by atoms with Gasteiger partial charge in [-0.2, -0.15) is 0 Å². The van der Waals surface area contributed by atoms with Crippen LogP contribution in [0.3, 0.4) is 0 Å². The van der Waals surface area contributed by atoms with Gasteiger partial charge in [-0.25, -0.2) is 4.98 Å². The highest BCUT2D eigenvalue weighted by atomic mass is 16.2. The number of amides is 1. The third-order valence-corrected chi connectivity index (χ3v) is 6.47. The molecule has 3 atom stereocenters. The van der Waals surface area contributed by atoms with Gasteiger partial charge in [0.05, 0.1) is 17.2 Å². The van der Waals surface area contributed by atoms with Crippen molar-refractivity contribution < 1.29 is 4.79 Å². The predicted octanol–water partition coefficient (Wildman–Crippen LogP) is 3.72. The number of nitrogens with one attached hydrogen (secondary N) is 1. The van der Waals surface area contributed by atoms with Crippen molar-refractivity contribution in [1.29, 1.82) is 0 Å². The average Bonchev–Trinajstić information content (AvgIpc) is 3.13. The van der Waals surface area contributed by atoms with Crippen LogP contribution in [0.1, 0.15) is 47.5 Å². The van der Waals surface area contributed by atoms with Crippen LogP contribution in [0.25, 0.3) is 10.9 Å². The summed E-state index contributed by atoms with van der Waals surface area (Å²) in [5, 5.41) is 0.512. The van der Waals surface area contributed by atoms with E-state index in [1.54, 1.807) is 18.2 Å². The standard InChI is InChI=1S/C23H23N3O2/c27-22-18-11-10-16(12-20(18)24-14-25-22)23(28)26-13-19(15-6-2-1-3-7-15)17-8-4-5-9-21(17)26/h1-3,6-7,10-12,14,17,19,21H,4-5,8-9,13H2,(H,24,25,27). The Bertz CT molecular complexity index is 1080. The van der Waals surface area contributed by atoms with Crippen molar-refractivity contribution in [2.45, 2.75) is 37.6 Å². The minimum Gasteiger partial charge on any atom is -0.335 e. The molecule has 5 rings (SSSR count). The van der Waals surface area contributed by atoms with Gasteiger partial charge < -0.3 is 9.88 Å². The van der Waals surface area contributed by atoms with Crippen LogP contribution in [0.2, 0.25) is 0 Å². The fourth-order valence-electron chi connectivity index (χ4n) is 5.13. The highest BCUT2D eigenvalue weighted by molar-refractivity contribution is 5.98. The monoisotopic (exact) mass is 373 g/mol. The molecule has 1 saturated carbocycles. The number of hydrogen-bond acceptors (Lipinski definition) is 3. The lowest BCUT2D eigenvalue weighted by Crippen LogP contribution is -2.39. The summed E-state index contributed by atoms with van der Waals surface area (Å²) in [6.07, 6.45) is 6.07. The van der Waals surface area contributed by atoms with Crippen LogP contribution in [0, 0.1) is 5.92 Å². The predicted molar refractivity (Wildman–Crippen MR) is 108 cm³/mol. The first-order valence-corrected chi connectivity index (χ1v) is 10.1. The van der Waals surface area contributed by atoms with Crippen molar-refractivity contribution in [1.82, 2.24) is 14.9 Å². The molecule has 1 aromatic heterocycles. The van der Waals surface area contributed by atoms with E-state index in [9.17, 15) is 9.59 Å². The number of likely N-dealkylation sites (tertiary alicyclic amines) is 1. The van der Waals surface area contributed by atoms with Crippen molar-refractivity contribution in [3.63, 3.8) is 0 Å². The van der Waals surface area contributed by atoms with Gasteiger partial charge in [-0.1, -0.05) is 43.2 Å². The highest BCUT2D eigenvalue weighted by Crippen LogP contribution is 2.45. The molecule has 3 unspecified atom stereocenters. The van der Waals surface area contributed by atoms with E-state index >= 15 is 0 Å². The van der Waals surface area contributed by atoms with E-state index in [2.05, 4.69) is 39.1 Å². The number of fused-ring (bicyclic) bond motifs is 2. The molecular weight excluding hydrogens is 350 g/mol. The molecular formula is C23H23N3O2. The molecule has 0 radical (unpaired) electrons. The molecule has 1 amide bonds. The van der Waals surface area contributed by atoms with Gasteiger partial charge in [-0.3, -0.25) is 9.59 Å². The quantitative estimate of drug-likeness (QED) is 0.744. The van der Waals surface area contributed by atoms with E-state index < -0.39 is 0 Å². The first kappa shape index (κ1) is 17.2. The zero-order valence-electron chi connectivity index (χ0n) is 15.7. The zero-order valence-corrected chi connectivity index (χ0v) is 15.7. The van der Waals surface area contributed by atoms with Crippen LogP contribution in [-0.2, 0) is 0 Å². The Kier molecular flexibility index (Phi) is 4.23. The van der Waals surface area contributed by atoms with E-state index in [1.807, 2.05) is 6.07 Å². The molecule has 1 aliphatic carbocycles. The average molecular weight is 373 g/mol. The Morgan fingerprint density at radius 3 is 2.75 bits per heavy atom. The summed E-state index contributed by atoms with van der Waals surface area (Å²) in [5.74, 6) is 0.984. The Labute approximate surface area is 163 Å². The van der Waals surface area contributed by atoms with Crippen LogP contribution >= 0.6 is 0 Å². The first-order valence-electron chi connectivity index (χ1n) is 10.1. The number of carbonyl (C=O) groups excluding carboxylic acids is 1. The van der Waals surface area contributed by atoms with Crippen LogP contribution < -0.4 is 5.56 Å². The fourth-order valence-corrected chi connectivity index (χ4v) is 5.13. The molecule has 1 saturated heterocycles. The van der Waals surface area contributed by atoms with Crippen molar-refractivity contribution in [2.24, 2.45) is 5.92 Å². The summed E-state index contributed by atoms with van der Waals surface area (Å²) in [6.45, 7) is 0.763. The molecule has 3 aromatic rings. The molecule has 0 bridgehead atoms. The van der Waals surface area contributed by atoms with Crippen molar-refractivity contribution in [3.05, 3.63) is 76.3 Å². The second-order valence-electron chi connectivity index (χ2n) is 7.95. The molecule has 2 aromatic carbocycles. The van der Waals surface area contributed by atoms with Gasteiger partial charge in [0.15, 0.2) is 0 Å². The van der Waals surface area contributed by atoms with Crippen LogP contribution in [0.4, 0.5) is 0 Å². The maximum atomic E-state index is 13.4. The maximum absolute atomic E-state index is 13.4. The number of aromatic nitrogens is 2. The Morgan fingerprint density at radius 1 is 1.07 bits per heavy atom. The summed E-state index contributed by atoms with van der Waals surface area (Å²) in [6, 6.07) is 16.1. The van der Waals surface area contributed by atoms with Gasteiger partial charge >= 0.3 is 0 Å². The number of benzene rings is 2. The van der Waals surface area contributed by atoms with E-state index in [0.29, 0.717) is 34.3 Å². The molecule has 1 aliphatic heterocycles. The first-order chi connectivity index (χ1) is 13.7. The molecule has 2 aliphatic rings. The molecule has 1 N–H and O–H groups in total. The summed E-state index contributed by atoms with van der Waals surface area (Å²) in [4.78, 5) is 34.2. The van der Waals surface area contributed by atoms with Crippen molar-refractivity contribution in [2.75, 3.05) is 6.54 Å². The lowest BCUT2D eigenvalue weighted by Gasteiger charge is -2.32. The number of carbonyl (C=O) groups is 1. The third-order valence-electron chi connectivity index (χ3n) is 6.47. The second-order valence-corrected chi connectivity index (χ2v) is 7.95. The van der Waals surface area contributed by atoms with Gasteiger partial charge in [0.25, 0.3) is 11.5 Å². The van der Waals surface area contributed by atoms with Gasteiger partial charge in [-0.05, 0) is 42.5 Å². The van der Waals surface area contributed by atoms with Crippen LogP contribution in [0.5, 0.6) is 0 Å². The third kappa shape index (κ3) is 2.82. The lowest BCUT2D eigenvalue weighted by molar-refractivity contribution is 0.0690. The number of aromatic amines is 1. The van der Waals surface area contributed by atoms with E-state index in [0.717, 1.165) is 13.0 Å². The number of nitrogens with zero attached hydrogens (tertiary/aromatic N) is 2. The fraction of sp³-hybridized carbons (Fsp3) is 0.348. The lowest BCUT2D eigenvalue weighted by atomic mass is 9.77. The Morgan fingerprint density at radius 2 is 1.89 bits per heavy atom. The largest absolute Gasteiger partial charge is 0.335 e. The normalized spacial score (nSPS) is 24.3. The van der Waals surface area contributed by atoms with E-state index in [-0.39, 0.29) is 11.5 Å². The smallest absolute Gasteiger partial charge is 0.258 e. The topological polar surface area (TPSA) is 66.1 Å². The summed E-state index contributed by atoms with van der Waals surface area (Å²) in [7, 11) is 0. The molecule has 2 fully saturated rings. The van der Waals surface area contributed by atoms with Gasteiger partial charge in [-0.15, -0.1) is 0 Å². The maximum Gasteiger partial charge on any atom is 0.258 e. The van der Waals surface area contributed by atoms with Crippen LogP contribution in [-0.4, -0.2) is 33.4 Å². The molecule has 0 spiro atoms. The second kappa shape index (κ2) is 6.89. The minimum atomic E-state index is -0.179. The summed E-state index contributed by atoms with van der Waals surface area (Å²) >= 11 is 0. The minimum absolute atomic E-state index is 0.0549. The number of hydrogen-bond donors (Lipinski definition) is 1. The van der Waals surface area contributed by atoms with Gasteiger partial charge in [0.1, 0.15) is 0 Å². The molecule has 142 valence electrons. The highest BCUT2D eigenvalue weighted by Gasteiger charge is 2.45. The Balaban J connectivity index is 1.49.